The summed E-state index contributed by atoms with van der Waals surface area (Å²) in [5, 5.41) is 14.4. The number of likely N-dealkylation sites (N-methyl/N-ethyl adjacent to an activating group) is 1. The van der Waals surface area contributed by atoms with E-state index in [1.54, 1.807) is 4.68 Å². The molecule has 0 atom stereocenters. The number of rotatable bonds is 6. The number of hydrogen-bond donors (Lipinski definition) is 1. The van der Waals surface area contributed by atoms with Gasteiger partial charge in [0, 0.05) is 12.2 Å². The van der Waals surface area contributed by atoms with Crippen LogP contribution in [0.15, 0.2) is 48.5 Å². The topological polar surface area (TPSA) is 75.9 Å². The second-order valence-corrected chi connectivity index (χ2v) is 6.39. The summed E-state index contributed by atoms with van der Waals surface area (Å²) in [6.07, 6.45) is 0. The standard InChI is InChI=1S/C19H22N6O/c1-14-7-9-16(10-8-14)12-24(3)13-19(26)20-17-5-4-6-18(11-17)25-15(2)21-22-23-25/h4-11H,12-13H2,1-3H3,(H,20,26). The van der Waals surface area contributed by atoms with Crippen LogP contribution in [0.2, 0.25) is 0 Å². The number of amides is 1. The average Bonchev–Trinajstić information content (AvgIpc) is 3.03. The summed E-state index contributed by atoms with van der Waals surface area (Å²) >= 11 is 0. The lowest BCUT2D eigenvalue weighted by molar-refractivity contribution is -0.117. The van der Waals surface area contributed by atoms with E-state index in [1.165, 1.54) is 11.1 Å². The van der Waals surface area contributed by atoms with Crippen LogP contribution < -0.4 is 5.32 Å². The zero-order valence-corrected chi connectivity index (χ0v) is 15.2. The molecule has 0 radical (unpaired) electrons. The maximum atomic E-state index is 12.3. The van der Waals surface area contributed by atoms with Crippen molar-refractivity contribution in [3.8, 4) is 5.69 Å². The average molecular weight is 350 g/mol. The van der Waals surface area contributed by atoms with Crippen molar-refractivity contribution in [3.63, 3.8) is 0 Å². The molecular formula is C19H22N6O. The predicted octanol–water partition coefficient (Wildman–Crippen LogP) is 2.35. The molecule has 0 saturated carbocycles. The fraction of sp³-hybridized carbons (Fsp3) is 0.263. The number of nitrogens with one attached hydrogen (secondary N) is 1. The van der Waals surface area contributed by atoms with Crippen LogP contribution in [0.25, 0.3) is 5.69 Å². The van der Waals surface area contributed by atoms with E-state index in [-0.39, 0.29) is 5.91 Å². The molecule has 7 heteroatoms. The van der Waals surface area contributed by atoms with Crippen molar-refractivity contribution < 1.29 is 4.79 Å². The molecule has 0 aliphatic rings. The van der Waals surface area contributed by atoms with Gasteiger partial charge in [0.05, 0.1) is 12.2 Å². The fourth-order valence-electron chi connectivity index (χ4n) is 2.69. The first-order chi connectivity index (χ1) is 12.5. The Bertz CT molecular complexity index is 887. The largest absolute Gasteiger partial charge is 0.325 e. The highest BCUT2D eigenvalue weighted by molar-refractivity contribution is 5.92. The monoisotopic (exact) mass is 350 g/mol. The summed E-state index contributed by atoms with van der Waals surface area (Å²) in [6.45, 7) is 4.91. The van der Waals surface area contributed by atoms with Gasteiger partial charge in [-0.3, -0.25) is 9.69 Å². The maximum absolute atomic E-state index is 12.3. The molecule has 7 nitrogen and oxygen atoms in total. The first kappa shape index (κ1) is 17.8. The first-order valence-corrected chi connectivity index (χ1v) is 8.40. The molecule has 3 rings (SSSR count). The Labute approximate surface area is 152 Å². The van der Waals surface area contributed by atoms with E-state index in [4.69, 9.17) is 0 Å². The van der Waals surface area contributed by atoms with Gasteiger partial charge < -0.3 is 5.32 Å². The molecule has 1 amide bonds. The van der Waals surface area contributed by atoms with Crippen molar-refractivity contribution in [2.24, 2.45) is 0 Å². The van der Waals surface area contributed by atoms with E-state index in [0.29, 0.717) is 18.1 Å². The zero-order valence-electron chi connectivity index (χ0n) is 15.2. The molecule has 1 heterocycles. The zero-order chi connectivity index (χ0) is 18.5. The van der Waals surface area contributed by atoms with Crippen molar-refractivity contribution >= 4 is 11.6 Å². The molecule has 26 heavy (non-hydrogen) atoms. The van der Waals surface area contributed by atoms with Crippen molar-refractivity contribution in [2.45, 2.75) is 20.4 Å². The Morgan fingerprint density at radius 2 is 1.92 bits per heavy atom. The van der Waals surface area contributed by atoms with Gasteiger partial charge in [-0.15, -0.1) is 5.10 Å². The van der Waals surface area contributed by atoms with E-state index in [0.717, 1.165) is 12.2 Å². The van der Waals surface area contributed by atoms with Gasteiger partial charge in [-0.2, -0.15) is 4.68 Å². The minimum absolute atomic E-state index is 0.0646. The van der Waals surface area contributed by atoms with Gasteiger partial charge in [-0.25, -0.2) is 0 Å². The van der Waals surface area contributed by atoms with Gasteiger partial charge in [0.25, 0.3) is 0 Å². The Morgan fingerprint density at radius 3 is 2.62 bits per heavy atom. The second-order valence-electron chi connectivity index (χ2n) is 6.39. The predicted molar refractivity (Wildman–Crippen MR) is 100 cm³/mol. The summed E-state index contributed by atoms with van der Waals surface area (Å²) < 4.78 is 1.62. The smallest absolute Gasteiger partial charge is 0.238 e. The molecule has 0 aliphatic heterocycles. The van der Waals surface area contributed by atoms with E-state index in [1.807, 2.05) is 43.1 Å². The fourth-order valence-corrected chi connectivity index (χ4v) is 2.69. The maximum Gasteiger partial charge on any atom is 0.238 e. The Hall–Kier alpha value is -3.06. The minimum Gasteiger partial charge on any atom is -0.325 e. The van der Waals surface area contributed by atoms with E-state index in [2.05, 4.69) is 52.0 Å². The molecule has 1 N–H and O–H groups in total. The third-order valence-corrected chi connectivity index (χ3v) is 3.99. The first-order valence-electron chi connectivity index (χ1n) is 8.40. The van der Waals surface area contributed by atoms with Crippen LogP contribution in [-0.2, 0) is 11.3 Å². The van der Waals surface area contributed by atoms with Crippen LogP contribution in [0.5, 0.6) is 0 Å². The highest BCUT2D eigenvalue weighted by Crippen LogP contribution is 2.14. The molecule has 1 aromatic heterocycles. The van der Waals surface area contributed by atoms with E-state index < -0.39 is 0 Å². The van der Waals surface area contributed by atoms with Gasteiger partial charge >= 0.3 is 0 Å². The molecule has 0 spiro atoms. The Morgan fingerprint density at radius 1 is 1.15 bits per heavy atom. The number of benzene rings is 2. The van der Waals surface area contributed by atoms with Gasteiger partial charge in [-0.05, 0) is 55.1 Å². The summed E-state index contributed by atoms with van der Waals surface area (Å²) in [4.78, 5) is 14.3. The number of carbonyl (C=O) groups is 1. The lowest BCUT2D eigenvalue weighted by atomic mass is 10.1. The number of aromatic nitrogens is 4. The SMILES string of the molecule is Cc1ccc(CN(C)CC(=O)Nc2cccc(-n3nnnc3C)c2)cc1. The molecule has 2 aromatic carbocycles. The quantitative estimate of drug-likeness (QED) is 0.738. The third-order valence-electron chi connectivity index (χ3n) is 3.99. The Kier molecular flexibility index (Phi) is 5.38. The molecule has 0 saturated heterocycles. The highest BCUT2D eigenvalue weighted by atomic mass is 16.2. The van der Waals surface area contributed by atoms with Gasteiger partial charge in [0.15, 0.2) is 5.82 Å². The van der Waals surface area contributed by atoms with Crippen molar-refractivity contribution in [3.05, 3.63) is 65.5 Å². The summed E-state index contributed by atoms with van der Waals surface area (Å²) in [6, 6.07) is 15.8. The van der Waals surface area contributed by atoms with Crippen LogP contribution >= 0.6 is 0 Å². The number of carbonyl (C=O) groups excluding carboxylic acids is 1. The lowest BCUT2D eigenvalue weighted by Gasteiger charge is -2.16. The number of nitrogens with zero attached hydrogens (tertiary/aromatic N) is 5. The third kappa shape index (κ3) is 4.52. The van der Waals surface area contributed by atoms with Crippen LogP contribution in [0.1, 0.15) is 17.0 Å². The van der Waals surface area contributed by atoms with Gasteiger partial charge in [-0.1, -0.05) is 35.9 Å². The molecule has 3 aromatic rings. The van der Waals surface area contributed by atoms with Crippen LogP contribution in [0, 0.1) is 13.8 Å². The van der Waals surface area contributed by atoms with Crippen molar-refractivity contribution in [1.29, 1.82) is 0 Å². The van der Waals surface area contributed by atoms with Crippen molar-refractivity contribution in [2.75, 3.05) is 18.9 Å². The molecular weight excluding hydrogens is 328 g/mol. The summed E-state index contributed by atoms with van der Waals surface area (Å²) in [5.74, 6) is 0.622. The molecule has 0 unspecified atom stereocenters. The summed E-state index contributed by atoms with van der Waals surface area (Å²) in [7, 11) is 1.93. The lowest BCUT2D eigenvalue weighted by Crippen LogP contribution is -2.29. The molecule has 0 aliphatic carbocycles. The second kappa shape index (κ2) is 7.88. The van der Waals surface area contributed by atoms with Crippen LogP contribution in [-0.4, -0.2) is 44.6 Å². The van der Waals surface area contributed by atoms with Gasteiger partial charge in [0.2, 0.25) is 5.91 Å². The Balaban J connectivity index is 1.59. The number of hydrogen-bond acceptors (Lipinski definition) is 5. The van der Waals surface area contributed by atoms with Crippen LogP contribution in [0.3, 0.4) is 0 Å². The molecule has 0 bridgehead atoms. The van der Waals surface area contributed by atoms with Gasteiger partial charge in [0.1, 0.15) is 0 Å². The summed E-state index contributed by atoms with van der Waals surface area (Å²) in [5.41, 5.74) is 3.93. The van der Waals surface area contributed by atoms with Crippen LogP contribution in [0.4, 0.5) is 5.69 Å². The number of tetrazole rings is 1. The van der Waals surface area contributed by atoms with E-state index in [9.17, 15) is 4.79 Å². The molecule has 0 fully saturated rings. The molecule has 134 valence electrons. The number of anilines is 1. The van der Waals surface area contributed by atoms with Crippen molar-refractivity contribution in [1.82, 2.24) is 25.1 Å². The van der Waals surface area contributed by atoms with E-state index >= 15 is 0 Å². The highest BCUT2D eigenvalue weighted by Gasteiger charge is 2.09. The normalized spacial score (nSPS) is 10.9. The minimum atomic E-state index is -0.0646. The number of aryl methyl sites for hydroxylation is 2.